The molecule has 1 aromatic heterocycles. The molecule has 0 radical (unpaired) electrons. The topological polar surface area (TPSA) is 81.1 Å². The third-order valence-electron chi connectivity index (χ3n) is 3.56. The van der Waals surface area contributed by atoms with Gasteiger partial charge in [-0.05, 0) is 42.5 Å². The van der Waals surface area contributed by atoms with E-state index in [0.717, 1.165) is 4.68 Å². The fourth-order valence-electron chi connectivity index (χ4n) is 2.38. The molecular weight excluding hydrogens is 354 g/mol. The number of carbonyl (C=O) groups is 2. The van der Waals surface area contributed by atoms with Gasteiger partial charge in [0.25, 0.3) is 5.56 Å². The van der Waals surface area contributed by atoms with Crippen molar-refractivity contribution in [3.8, 4) is 5.69 Å². The summed E-state index contributed by atoms with van der Waals surface area (Å²) in [5.41, 5.74) is 0.330. The Bertz CT molecular complexity index is 1030. The molecule has 1 amide bonds. The molecule has 0 spiro atoms. The van der Waals surface area contributed by atoms with Crippen LogP contribution in [-0.2, 0) is 4.79 Å². The van der Waals surface area contributed by atoms with Crippen molar-refractivity contribution in [2.45, 2.75) is 6.92 Å². The zero-order valence-corrected chi connectivity index (χ0v) is 14.5. The highest BCUT2D eigenvalue weighted by Crippen LogP contribution is 2.15. The predicted molar refractivity (Wildman–Crippen MR) is 99.0 cm³/mol. The molecule has 0 unspecified atom stereocenters. The van der Waals surface area contributed by atoms with Gasteiger partial charge in [0, 0.05) is 17.5 Å². The Balaban J connectivity index is 2.16. The molecule has 2 aromatic carbocycles. The van der Waals surface area contributed by atoms with E-state index in [2.05, 4.69) is 10.4 Å². The number of para-hydroxylation sites is 1. The number of nitrogens with zero attached hydrogens (tertiary/aromatic N) is 2. The summed E-state index contributed by atoms with van der Waals surface area (Å²) in [5.74, 6) is -0.809. The van der Waals surface area contributed by atoms with Crippen LogP contribution in [0.5, 0.6) is 0 Å². The first-order chi connectivity index (χ1) is 12.5. The first-order valence-corrected chi connectivity index (χ1v) is 8.11. The molecule has 7 heteroatoms. The Kier molecular flexibility index (Phi) is 4.95. The van der Waals surface area contributed by atoms with Crippen molar-refractivity contribution in [2.24, 2.45) is 0 Å². The lowest BCUT2D eigenvalue weighted by atomic mass is 10.1. The van der Waals surface area contributed by atoms with Gasteiger partial charge in [0.2, 0.25) is 11.7 Å². The van der Waals surface area contributed by atoms with Crippen LogP contribution in [0.25, 0.3) is 5.69 Å². The Morgan fingerprint density at radius 2 is 1.69 bits per heavy atom. The number of nitrogens with one attached hydrogen (secondary N) is 1. The van der Waals surface area contributed by atoms with E-state index in [0.29, 0.717) is 16.3 Å². The van der Waals surface area contributed by atoms with Gasteiger partial charge in [0.15, 0.2) is 0 Å². The van der Waals surface area contributed by atoms with Gasteiger partial charge in [-0.2, -0.15) is 9.78 Å². The zero-order valence-electron chi connectivity index (χ0n) is 13.8. The van der Waals surface area contributed by atoms with Gasteiger partial charge in [-0.1, -0.05) is 29.8 Å². The van der Waals surface area contributed by atoms with Crippen LogP contribution < -0.4 is 10.9 Å². The van der Waals surface area contributed by atoms with Crippen molar-refractivity contribution >= 4 is 29.0 Å². The lowest BCUT2D eigenvalue weighted by Gasteiger charge is -2.10. The van der Waals surface area contributed by atoms with E-state index in [-0.39, 0.29) is 11.4 Å². The van der Waals surface area contributed by atoms with Gasteiger partial charge in [0.05, 0.1) is 5.69 Å². The average molecular weight is 368 g/mol. The number of benzene rings is 2. The van der Waals surface area contributed by atoms with Crippen LogP contribution >= 0.6 is 11.6 Å². The van der Waals surface area contributed by atoms with Crippen molar-refractivity contribution in [1.29, 1.82) is 0 Å². The molecule has 1 heterocycles. The normalized spacial score (nSPS) is 10.4. The lowest BCUT2D eigenvalue weighted by Crippen LogP contribution is -2.28. The molecule has 26 heavy (non-hydrogen) atoms. The van der Waals surface area contributed by atoms with Gasteiger partial charge in [-0.15, -0.1) is 0 Å². The van der Waals surface area contributed by atoms with E-state index in [9.17, 15) is 14.4 Å². The molecule has 0 atom stereocenters. The summed E-state index contributed by atoms with van der Waals surface area (Å²) in [4.78, 5) is 36.8. The summed E-state index contributed by atoms with van der Waals surface area (Å²) in [6, 6.07) is 16.3. The van der Waals surface area contributed by atoms with Crippen LogP contribution in [0.4, 0.5) is 5.69 Å². The van der Waals surface area contributed by atoms with Gasteiger partial charge in [-0.25, -0.2) is 0 Å². The SMILES string of the molecule is CC(=O)Nc1cc(C(=O)c2ccc(Cl)cc2)nn(-c2ccccc2)c1=O. The molecular formula is C19H14ClN3O3. The molecule has 0 bridgehead atoms. The van der Waals surface area contributed by atoms with Crippen molar-refractivity contribution < 1.29 is 9.59 Å². The summed E-state index contributed by atoms with van der Waals surface area (Å²) in [6.07, 6.45) is 0. The van der Waals surface area contributed by atoms with E-state index < -0.39 is 17.2 Å². The van der Waals surface area contributed by atoms with E-state index in [1.54, 1.807) is 54.6 Å². The molecule has 0 aliphatic heterocycles. The largest absolute Gasteiger partial charge is 0.322 e. The number of ketones is 1. The second-order valence-corrected chi connectivity index (χ2v) is 5.95. The molecule has 6 nitrogen and oxygen atoms in total. The average Bonchev–Trinajstić information content (AvgIpc) is 2.64. The highest BCUT2D eigenvalue weighted by Gasteiger charge is 2.17. The minimum atomic E-state index is -0.529. The summed E-state index contributed by atoms with van der Waals surface area (Å²) >= 11 is 5.85. The van der Waals surface area contributed by atoms with Crippen LogP contribution in [0, 0.1) is 0 Å². The van der Waals surface area contributed by atoms with Gasteiger partial charge in [0.1, 0.15) is 11.4 Å². The summed E-state index contributed by atoms with van der Waals surface area (Å²) < 4.78 is 1.09. The van der Waals surface area contributed by atoms with Crippen LogP contribution in [0.15, 0.2) is 65.5 Å². The number of halogens is 1. The smallest absolute Gasteiger partial charge is 0.295 e. The zero-order chi connectivity index (χ0) is 18.7. The second kappa shape index (κ2) is 7.33. The van der Waals surface area contributed by atoms with Gasteiger partial charge < -0.3 is 5.32 Å². The summed E-state index contributed by atoms with van der Waals surface area (Å²) in [7, 11) is 0. The number of carbonyl (C=O) groups excluding carboxylic acids is 2. The number of rotatable bonds is 4. The first kappa shape index (κ1) is 17.6. The molecule has 0 aliphatic carbocycles. The lowest BCUT2D eigenvalue weighted by molar-refractivity contribution is -0.114. The van der Waals surface area contributed by atoms with Crippen molar-refractivity contribution in [1.82, 2.24) is 9.78 Å². The van der Waals surface area contributed by atoms with E-state index in [4.69, 9.17) is 11.6 Å². The number of aromatic nitrogens is 2. The third kappa shape index (κ3) is 3.70. The van der Waals surface area contributed by atoms with Crippen molar-refractivity contribution in [2.75, 3.05) is 5.32 Å². The summed E-state index contributed by atoms with van der Waals surface area (Å²) in [6.45, 7) is 1.29. The highest BCUT2D eigenvalue weighted by atomic mass is 35.5. The molecule has 0 saturated carbocycles. The number of hydrogen-bond acceptors (Lipinski definition) is 4. The molecule has 3 aromatic rings. The Morgan fingerprint density at radius 1 is 1.04 bits per heavy atom. The molecule has 0 fully saturated rings. The molecule has 0 saturated heterocycles. The monoisotopic (exact) mass is 367 g/mol. The number of amides is 1. The van der Waals surface area contributed by atoms with E-state index in [1.807, 2.05) is 0 Å². The standard InChI is InChI=1S/C19H14ClN3O3/c1-12(24)21-17-11-16(18(25)13-7-9-14(20)10-8-13)22-23(19(17)26)15-5-3-2-4-6-15/h2-11H,1H3,(H,21,24). The Labute approximate surface area is 154 Å². The van der Waals surface area contributed by atoms with Crippen LogP contribution in [0.3, 0.4) is 0 Å². The fraction of sp³-hybridized carbons (Fsp3) is 0.0526. The fourth-order valence-corrected chi connectivity index (χ4v) is 2.50. The number of anilines is 1. The van der Waals surface area contributed by atoms with Gasteiger partial charge in [-0.3, -0.25) is 14.4 Å². The maximum absolute atomic E-state index is 12.8. The minimum absolute atomic E-state index is 0.0198. The summed E-state index contributed by atoms with van der Waals surface area (Å²) in [5, 5.41) is 7.14. The first-order valence-electron chi connectivity index (χ1n) is 7.73. The number of hydrogen-bond donors (Lipinski definition) is 1. The maximum Gasteiger partial charge on any atom is 0.295 e. The molecule has 0 aliphatic rings. The molecule has 1 N–H and O–H groups in total. The predicted octanol–water partition coefficient (Wildman–Crippen LogP) is 3.08. The van der Waals surface area contributed by atoms with Crippen LogP contribution in [0.1, 0.15) is 23.0 Å². The minimum Gasteiger partial charge on any atom is -0.322 e. The Morgan fingerprint density at radius 3 is 2.31 bits per heavy atom. The van der Waals surface area contributed by atoms with E-state index in [1.165, 1.54) is 13.0 Å². The highest BCUT2D eigenvalue weighted by molar-refractivity contribution is 6.30. The Hall–Kier alpha value is -3.25. The van der Waals surface area contributed by atoms with E-state index >= 15 is 0 Å². The second-order valence-electron chi connectivity index (χ2n) is 5.51. The third-order valence-corrected chi connectivity index (χ3v) is 3.81. The maximum atomic E-state index is 12.8. The van der Waals surface area contributed by atoms with Crippen molar-refractivity contribution in [3.63, 3.8) is 0 Å². The van der Waals surface area contributed by atoms with Gasteiger partial charge >= 0.3 is 0 Å². The van der Waals surface area contributed by atoms with Crippen molar-refractivity contribution in [3.05, 3.63) is 87.3 Å². The molecule has 130 valence electrons. The van der Waals surface area contributed by atoms with Crippen LogP contribution in [-0.4, -0.2) is 21.5 Å². The van der Waals surface area contributed by atoms with Crippen LogP contribution in [0.2, 0.25) is 5.02 Å². The quantitative estimate of drug-likeness (QED) is 0.718. The molecule has 3 rings (SSSR count).